The van der Waals surface area contributed by atoms with E-state index in [0.717, 1.165) is 30.5 Å². The molecule has 2 aromatic rings. The van der Waals surface area contributed by atoms with E-state index >= 15 is 0 Å². The lowest BCUT2D eigenvalue weighted by atomic mass is 10.1. The molecule has 0 atom stereocenters. The van der Waals surface area contributed by atoms with Crippen molar-refractivity contribution < 1.29 is 14.3 Å². The van der Waals surface area contributed by atoms with Crippen molar-refractivity contribution in [3.63, 3.8) is 0 Å². The summed E-state index contributed by atoms with van der Waals surface area (Å²) in [7, 11) is 1.38. The van der Waals surface area contributed by atoms with E-state index in [-0.39, 0.29) is 11.9 Å². The van der Waals surface area contributed by atoms with Crippen LogP contribution in [0.15, 0.2) is 24.3 Å². The lowest BCUT2D eigenvalue weighted by Crippen LogP contribution is -2.20. The number of nitrogens with one attached hydrogen (secondary N) is 3. The predicted octanol–water partition coefficient (Wildman–Crippen LogP) is 3.79. The van der Waals surface area contributed by atoms with Gasteiger partial charge in [0, 0.05) is 23.2 Å². The second-order valence-corrected chi connectivity index (χ2v) is 7.41. The fraction of sp³-hybridized carbons (Fsp3) is 0.278. The van der Waals surface area contributed by atoms with E-state index in [1.807, 2.05) is 12.1 Å². The van der Waals surface area contributed by atoms with Gasteiger partial charge >= 0.3 is 5.97 Å². The van der Waals surface area contributed by atoms with E-state index in [2.05, 4.69) is 16.0 Å². The Kier molecular flexibility index (Phi) is 5.53. The summed E-state index contributed by atoms with van der Waals surface area (Å²) in [5.74, 6) is -0.485. The maximum Gasteiger partial charge on any atom is 0.341 e. The number of amides is 1. The number of aryl methyl sites for hydroxylation is 1. The second kappa shape index (κ2) is 7.84. The average Bonchev–Trinajstić information content (AvgIpc) is 3.14. The first-order valence-corrected chi connectivity index (χ1v) is 9.39. The minimum Gasteiger partial charge on any atom is -0.465 e. The smallest absolute Gasteiger partial charge is 0.341 e. The van der Waals surface area contributed by atoms with Crippen molar-refractivity contribution in [2.24, 2.45) is 0 Å². The fourth-order valence-corrected chi connectivity index (χ4v) is 4.52. The Labute approximate surface area is 160 Å². The topological polar surface area (TPSA) is 79.5 Å². The van der Waals surface area contributed by atoms with Gasteiger partial charge in [-0.05, 0) is 55.2 Å². The van der Waals surface area contributed by atoms with Crippen LogP contribution in [-0.2, 0) is 22.4 Å². The standard InChI is InChI=1S/C18H19N3O3S2/c1-10(22)19-11-5-3-6-12(9-11)20-18(25)21-16-15(17(23)24-2)13-7-4-8-14(13)26-16/h3,5-6,9H,4,7-8H2,1-2H3,(H,19,22)(H2,20,21,25). The van der Waals surface area contributed by atoms with Crippen LogP contribution in [-0.4, -0.2) is 24.1 Å². The quantitative estimate of drug-likeness (QED) is 0.545. The summed E-state index contributed by atoms with van der Waals surface area (Å²) in [5.41, 5.74) is 3.06. The molecule has 0 saturated carbocycles. The Morgan fingerprint density at radius 1 is 1.15 bits per heavy atom. The van der Waals surface area contributed by atoms with Crippen LogP contribution in [0.1, 0.15) is 34.1 Å². The van der Waals surface area contributed by atoms with Crippen LogP contribution in [0.3, 0.4) is 0 Å². The zero-order valence-electron chi connectivity index (χ0n) is 14.5. The van der Waals surface area contributed by atoms with Gasteiger partial charge < -0.3 is 20.7 Å². The molecule has 0 spiro atoms. The number of ether oxygens (including phenoxy) is 1. The highest BCUT2D eigenvalue weighted by Gasteiger charge is 2.27. The van der Waals surface area contributed by atoms with Gasteiger partial charge in [0.25, 0.3) is 0 Å². The molecule has 26 heavy (non-hydrogen) atoms. The first kappa shape index (κ1) is 18.3. The van der Waals surface area contributed by atoms with Gasteiger partial charge in [0.05, 0.1) is 12.7 Å². The molecule has 136 valence electrons. The molecule has 0 bridgehead atoms. The first-order valence-electron chi connectivity index (χ1n) is 8.16. The number of hydrogen-bond donors (Lipinski definition) is 3. The van der Waals surface area contributed by atoms with Crippen LogP contribution in [0.4, 0.5) is 16.4 Å². The highest BCUT2D eigenvalue weighted by atomic mass is 32.1. The van der Waals surface area contributed by atoms with Gasteiger partial charge in [-0.1, -0.05) is 6.07 Å². The number of fused-ring (bicyclic) bond motifs is 1. The monoisotopic (exact) mass is 389 g/mol. The summed E-state index contributed by atoms with van der Waals surface area (Å²) in [6.07, 6.45) is 2.92. The SMILES string of the molecule is COC(=O)c1c(NC(=S)Nc2cccc(NC(C)=O)c2)sc2c1CCC2. The molecule has 8 heteroatoms. The zero-order valence-corrected chi connectivity index (χ0v) is 16.1. The molecule has 0 unspecified atom stereocenters. The summed E-state index contributed by atoms with van der Waals surface area (Å²) >= 11 is 6.93. The van der Waals surface area contributed by atoms with Crippen molar-refractivity contribution in [3.05, 3.63) is 40.3 Å². The normalized spacial score (nSPS) is 12.2. The predicted molar refractivity (Wildman–Crippen MR) is 108 cm³/mol. The maximum atomic E-state index is 12.2. The van der Waals surface area contributed by atoms with Gasteiger partial charge in [0.15, 0.2) is 5.11 Å². The summed E-state index contributed by atoms with van der Waals surface area (Å²) < 4.78 is 4.94. The van der Waals surface area contributed by atoms with E-state index in [1.54, 1.807) is 23.5 Å². The summed E-state index contributed by atoms with van der Waals surface area (Å²) in [6, 6.07) is 7.23. The van der Waals surface area contributed by atoms with Crippen molar-refractivity contribution in [1.82, 2.24) is 0 Å². The Bertz CT molecular complexity index is 877. The zero-order chi connectivity index (χ0) is 18.7. The molecule has 1 aliphatic carbocycles. The number of carbonyl (C=O) groups excluding carboxylic acids is 2. The van der Waals surface area contributed by atoms with E-state index in [4.69, 9.17) is 17.0 Å². The van der Waals surface area contributed by atoms with E-state index < -0.39 is 0 Å². The fourth-order valence-electron chi connectivity index (χ4n) is 2.95. The van der Waals surface area contributed by atoms with Crippen molar-refractivity contribution >= 4 is 56.9 Å². The number of hydrogen-bond acceptors (Lipinski definition) is 5. The number of benzene rings is 1. The molecule has 1 heterocycles. The third-order valence-corrected chi connectivity index (χ3v) is 5.39. The Morgan fingerprint density at radius 2 is 1.88 bits per heavy atom. The van der Waals surface area contributed by atoms with E-state index in [1.165, 1.54) is 18.9 Å². The van der Waals surface area contributed by atoms with Crippen molar-refractivity contribution in [1.29, 1.82) is 0 Å². The van der Waals surface area contributed by atoms with Crippen LogP contribution in [0.25, 0.3) is 0 Å². The molecule has 0 fully saturated rings. The number of methoxy groups -OCH3 is 1. The Hall–Kier alpha value is -2.45. The number of anilines is 3. The lowest BCUT2D eigenvalue weighted by molar-refractivity contribution is -0.114. The minimum atomic E-state index is -0.345. The molecular formula is C18H19N3O3S2. The molecule has 1 aliphatic rings. The molecule has 0 radical (unpaired) electrons. The highest BCUT2D eigenvalue weighted by Crippen LogP contribution is 2.39. The molecule has 0 saturated heterocycles. The maximum absolute atomic E-state index is 12.2. The van der Waals surface area contributed by atoms with E-state index in [9.17, 15) is 9.59 Å². The van der Waals surface area contributed by atoms with Gasteiger partial charge in [-0.25, -0.2) is 4.79 Å². The Balaban J connectivity index is 1.75. The molecule has 1 aromatic carbocycles. The molecule has 0 aliphatic heterocycles. The van der Waals surface area contributed by atoms with Crippen LogP contribution in [0.2, 0.25) is 0 Å². The number of rotatable bonds is 4. The molecule has 1 aromatic heterocycles. The van der Waals surface area contributed by atoms with Crippen molar-refractivity contribution in [2.75, 3.05) is 23.1 Å². The number of thiocarbonyl (C=S) groups is 1. The number of esters is 1. The lowest BCUT2D eigenvalue weighted by Gasteiger charge is -2.12. The second-order valence-electron chi connectivity index (χ2n) is 5.89. The molecule has 3 rings (SSSR count). The summed E-state index contributed by atoms with van der Waals surface area (Å²) in [5, 5.41) is 9.99. The molecular weight excluding hydrogens is 370 g/mol. The number of carbonyl (C=O) groups is 2. The summed E-state index contributed by atoms with van der Waals surface area (Å²) in [4.78, 5) is 24.6. The van der Waals surface area contributed by atoms with Crippen molar-refractivity contribution in [3.8, 4) is 0 Å². The van der Waals surface area contributed by atoms with Gasteiger partial charge in [-0.2, -0.15) is 0 Å². The third kappa shape index (κ3) is 4.03. The van der Waals surface area contributed by atoms with Crippen molar-refractivity contribution in [2.45, 2.75) is 26.2 Å². The largest absolute Gasteiger partial charge is 0.465 e. The van der Waals surface area contributed by atoms with Crippen LogP contribution < -0.4 is 16.0 Å². The first-order chi connectivity index (χ1) is 12.5. The van der Waals surface area contributed by atoms with Crippen LogP contribution in [0, 0.1) is 0 Å². The molecule has 1 amide bonds. The third-order valence-electron chi connectivity index (χ3n) is 3.98. The molecule has 6 nitrogen and oxygen atoms in total. The minimum absolute atomic E-state index is 0.140. The average molecular weight is 390 g/mol. The van der Waals surface area contributed by atoms with Gasteiger partial charge in [0.2, 0.25) is 5.91 Å². The van der Waals surface area contributed by atoms with Crippen LogP contribution >= 0.6 is 23.6 Å². The highest BCUT2D eigenvalue weighted by molar-refractivity contribution is 7.80. The van der Waals surface area contributed by atoms with Gasteiger partial charge in [0.1, 0.15) is 5.00 Å². The number of thiophene rings is 1. The Morgan fingerprint density at radius 3 is 2.58 bits per heavy atom. The summed E-state index contributed by atoms with van der Waals surface area (Å²) in [6.45, 7) is 1.45. The molecule has 3 N–H and O–H groups in total. The van der Waals surface area contributed by atoms with Gasteiger partial charge in [-0.15, -0.1) is 11.3 Å². The van der Waals surface area contributed by atoms with Gasteiger partial charge in [-0.3, -0.25) is 4.79 Å². The van der Waals surface area contributed by atoms with E-state index in [0.29, 0.717) is 21.4 Å². The van der Waals surface area contributed by atoms with Crippen LogP contribution in [0.5, 0.6) is 0 Å².